The molecule has 0 unspecified atom stereocenters. The fraction of sp³-hybridized carbons (Fsp3) is 0.350. The molecule has 7 heteroatoms. The monoisotopic (exact) mass is 369 g/mol. The molecule has 2 heterocycles. The normalized spacial score (nSPS) is 14.6. The van der Waals surface area contributed by atoms with Crippen LogP contribution >= 0.6 is 0 Å². The van der Waals surface area contributed by atoms with Crippen molar-refractivity contribution in [1.29, 1.82) is 0 Å². The van der Waals surface area contributed by atoms with E-state index in [-0.39, 0.29) is 11.8 Å². The van der Waals surface area contributed by atoms with Crippen LogP contribution in [-0.2, 0) is 9.59 Å². The van der Waals surface area contributed by atoms with Gasteiger partial charge in [0.15, 0.2) is 0 Å². The Morgan fingerprint density at radius 3 is 2.52 bits per heavy atom. The number of aryl methyl sites for hydroxylation is 1. The molecule has 1 aromatic carbocycles. The molecule has 1 fully saturated rings. The van der Waals surface area contributed by atoms with E-state index in [2.05, 4.69) is 10.6 Å². The number of hydrogen-bond donors (Lipinski definition) is 2. The number of likely N-dealkylation sites (tertiary alicyclic amines) is 1. The number of furan rings is 1. The first-order chi connectivity index (χ1) is 13.0. The third-order valence-corrected chi connectivity index (χ3v) is 4.82. The van der Waals surface area contributed by atoms with Gasteiger partial charge in [0.05, 0.1) is 11.8 Å². The maximum atomic E-state index is 12.3. The highest BCUT2D eigenvalue weighted by Crippen LogP contribution is 2.19. The molecule has 2 aromatic rings. The molecule has 142 valence electrons. The van der Waals surface area contributed by atoms with Crippen molar-refractivity contribution >= 4 is 23.4 Å². The maximum absolute atomic E-state index is 12.3. The van der Waals surface area contributed by atoms with Gasteiger partial charge in [0.2, 0.25) is 0 Å². The van der Waals surface area contributed by atoms with Crippen LogP contribution in [0.1, 0.15) is 28.8 Å². The van der Waals surface area contributed by atoms with Gasteiger partial charge in [-0.3, -0.25) is 14.4 Å². The van der Waals surface area contributed by atoms with Gasteiger partial charge in [-0.1, -0.05) is 18.2 Å². The van der Waals surface area contributed by atoms with E-state index in [9.17, 15) is 14.4 Å². The van der Waals surface area contributed by atoms with E-state index in [4.69, 9.17) is 4.42 Å². The lowest BCUT2D eigenvalue weighted by atomic mass is 9.96. The summed E-state index contributed by atoms with van der Waals surface area (Å²) in [4.78, 5) is 38.1. The van der Waals surface area contributed by atoms with Gasteiger partial charge in [0.25, 0.3) is 5.91 Å². The zero-order valence-electron chi connectivity index (χ0n) is 15.2. The van der Waals surface area contributed by atoms with Gasteiger partial charge in [-0.2, -0.15) is 0 Å². The third-order valence-electron chi connectivity index (χ3n) is 4.82. The Bertz CT molecular complexity index is 808. The lowest BCUT2D eigenvalue weighted by molar-refractivity contribution is -0.136. The first kappa shape index (κ1) is 18.7. The Morgan fingerprint density at radius 1 is 1.11 bits per heavy atom. The number of piperidine rings is 1. The van der Waals surface area contributed by atoms with Gasteiger partial charge in [-0.15, -0.1) is 0 Å². The largest absolute Gasteiger partial charge is 0.472 e. The fourth-order valence-electron chi connectivity index (χ4n) is 3.12. The highest BCUT2D eigenvalue weighted by Gasteiger charge is 2.25. The Labute approximate surface area is 157 Å². The molecule has 0 bridgehead atoms. The summed E-state index contributed by atoms with van der Waals surface area (Å²) in [5, 5.41) is 5.32. The standard InChI is InChI=1S/C20H23N3O4/c1-14-4-2-3-5-17(14)22-19(25)18(24)21-12-15-6-9-23(10-7-15)20(26)16-8-11-27-13-16/h2-5,8,11,13,15H,6-7,9-10,12H2,1H3,(H,21,24)(H,22,25). The Kier molecular flexibility index (Phi) is 5.90. The van der Waals surface area contributed by atoms with E-state index in [1.807, 2.05) is 19.1 Å². The van der Waals surface area contributed by atoms with Crippen LogP contribution in [0.25, 0.3) is 0 Å². The molecule has 3 rings (SSSR count). The van der Waals surface area contributed by atoms with Crippen LogP contribution in [0.5, 0.6) is 0 Å². The molecule has 27 heavy (non-hydrogen) atoms. The number of anilines is 1. The molecular weight excluding hydrogens is 346 g/mol. The summed E-state index contributed by atoms with van der Waals surface area (Å²) in [6, 6.07) is 8.95. The fourth-order valence-corrected chi connectivity index (χ4v) is 3.12. The molecule has 0 saturated carbocycles. The van der Waals surface area contributed by atoms with Crippen molar-refractivity contribution in [2.45, 2.75) is 19.8 Å². The zero-order valence-corrected chi connectivity index (χ0v) is 15.2. The van der Waals surface area contributed by atoms with Crippen molar-refractivity contribution < 1.29 is 18.8 Å². The maximum Gasteiger partial charge on any atom is 0.313 e. The summed E-state index contributed by atoms with van der Waals surface area (Å²) in [7, 11) is 0. The lowest BCUT2D eigenvalue weighted by Crippen LogP contribution is -2.43. The van der Waals surface area contributed by atoms with Crippen molar-refractivity contribution in [2.75, 3.05) is 25.0 Å². The van der Waals surface area contributed by atoms with E-state index >= 15 is 0 Å². The highest BCUT2D eigenvalue weighted by atomic mass is 16.3. The zero-order chi connectivity index (χ0) is 19.2. The minimum atomic E-state index is -0.670. The SMILES string of the molecule is Cc1ccccc1NC(=O)C(=O)NCC1CCN(C(=O)c2ccoc2)CC1. The number of nitrogens with zero attached hydrogens (tertiary/aromatic N) is 1. The van der Waals surface area contributed by atoms with E-state index in [1.54, 1.807) is 23.1 Å². The topological polar surface area (TPSA) is 91.7 Å². The Hall–Kier alpha value is -3.09. The summed E-state index contributed by atoms with van der Waals surface area (Å²) >= 11 is 0. The Balaban J connectivity index is 1.42. The molecule has 1 aromatic heterocycles. The summed E-state index contributed by atoms with van der Waals surface area (Å²) in [5.41, 5.74) is 2.08. The second-order valence-electron chi connectivity index (χ2n) is 6.73. The molecule has 0 aliphatic carbocycles. The molecular formula is C20H23N3O4. The van der Waals surface area contributed by atoms with Crippen molar-refractivity contribution in [3.63, 3.8) is 0 Å². The molecule has 0 atom stereocenters. The molecule has 1 aliphatic rings. The average molecular weight is 369 g/mol. The van der Waals surface area contributed by atoms with Crippen molar-refractivity contribution in [3.05, 3.63) is 54.0 Å². The lowest BCUT2D eigenvalue weighted by Gasteiger charge is -2.31. The van der Waals surface area contributed by atoms with E-state index in [0.717, 1.165) is 18.4 Å². The van der Waals surface area contributed by atoms with Crippen LogP contribution in [0.15, 0.2) is 47.3 Å². The van der Waals surface area contributed by atoms with Gasteiger partial charge in [-0.25, -0.2) is 0 Å². The molecule has 1 aliphatic heterocycles. The van der Waals surface area contributed by atoms with E-state index in [0.29, 0.717) is 30.9 Å². The summed E-state index contributed by atoms with van der Waals surface area (Å²) in [6.45, 7) is 3.54. The molecule has 0 spiro atoms. The minimum absolute atomic E-state index is 0.0381. The molecule has 1 saturated heterocycles. The number of amides is 3. The number of hydrogen-bond acceptors (Lipinski definition) is 4. The molecule has 3 amide bonds. The predicted molar refractivity (Wildman–Crippen MR) is 100 cm³/mol. The van der Waals surface area contributed by atoms with Crippen LogP contribution in [0, 0.1) is 12.8 Å². The third kappa shape index (κ3) is 4.75. The van der Waals surface area contributed by atoms with Crippen LogP contribution in [0.3, 0.4) is 0 Å². The van der Waals surface area contributed by atoms with Crippen molar-refractivity contribution in [3.8, 4) is 0 Å². The second kappa shape index (κ2) is 8.53. The number of rotatable bonds is 4. The summed E-state index contributed by atoms with van der Waals surface area (Å²) in [6.07, 6.45) is 4.49. The number of benzene rings is 1. The summed E-state index contributed by atoms with van der Waals surface area (Å²) in [5.74, 6) is -1.11. The van der Waals surface area contributed by atoms with Gasteiger partial charge < -0.3 is 20.0 Å². The number of carbonyl (C=O) groups is 3. The first-order valence-electron chi connectivity index (χ1n) is 9.01. The number of nitrogens with one attached hydrogen (secondary N) is 2. The van der Waals surface area contributed by atoms with Crippen LogP contribution < -0.4 is 10.6 Å². The molecule has 7 nitrogen and oxygen atoms in total. The van der Waals surface area contributed by atoms with Gasteiger partial charge in [0.1, 0.15) is 6.26 Å². The minimum Gasteiger partial charge on any atom is -0.472 e. The smallest absolute Gasteiger partial charge is 0.313 e. The van der Waals surface area contributed by atoms with Gasteiger partial charge >= 0.3 is 11.8 Å². The quantitative estimate of drug-likeness (QED) is 0.808. The van der Waals surface area contributed by atoms with Crippen molar-refractivity contribution in [2.24, 2.45) is 5.92 Å². The molecule has 0 radical (unpaired) electrons. The highest BCUT2D eigenvalue weighted by molar-refractivity contribution is 6.39. The number of para-hydroxylation sites is 1. The van der Waals surface area contributed by atoms with Crippen LogP contribution in [-0.4, -0.2) is 42.3 Å². The van der Waals surface area contributed by atoms with Crippen molar-refractivity contribution in [1.82, 2.24) is 10.2 Å². The van der Waals surface area contributed by atoms with Crippen LogP contribution in [0.4, 0.5) is 5.69 Å². The average Bonchev–Trinajstić information content (AvgIpc) is 3.22. The molecule has 2 N–H and O–H groups in total. The Morgan fingerprint density at radius 2 is 1.85 bits per heavy atom. The van der Waals surface area contributed by atoms with E-state index in [1.165, 1.54) is 12.5 Å². The van der Waals surface area contributed by atoms with Crippen LogP contribution in [0.2, 0.25) is 0 Å². The second-order valence-corrected chi connectivity index (χ2v) is 6.73. The number of carbonyl (C=O) groups excluding carboxylic acids is 3. The first-order valence-corrected chi connectivity index (χ1v) is 9.01. The summed E-state index contributed by atoms with van der Waals surface area (Å²) < 4.78 is 4.95. The van der Waals surface area contributed by atoms with E-state index < -0.39 is 11.8 Å². The van der Waals surface area contributed by atoms with Gasteiger partial charge in [-0.05, 0) is 43.4 Å². The predicted octanol–water partition coefficient (Wildman–Crippen LogP) is 2.20. The van der Waals surface area contributed by atoms with Gasteiger partial charge in [0, 0.05) is 25.3 Å².